The van der Waals surface area contributed by atoms with Crippen LogP contribution in [0.2, 0.25) is 0 Å². The molecule has 0 saturated carbocycles. The van der Waals surface area contributed by atoms with Gasteiger partial charge in [-0.25, -0.2) is 4.68 Å². The molecule has 138 valence electrons. The Morgan fingerprint density at radius 1 is 0.960 bits per heavy atom. The minimum absolute atomic E-state index is 0.729. The molecule has 25 heavy (non-hydrogen) atoms. The molecule has 0 radical (unpaired) electrons. The molecule has 0 amide bonds. The quantitative estimate of drug-likeness (QED) is 0.516. The summed E-state index contributed by atoms with van der Waals surface area (Å²) in [7, 11) is 0. The van der Waals surface area contributed by atoms with Crippen molar-refractivity contribution in [1.29, 1.82) is 0 Å². The summed E-state index contributed by atoms with van der Waals surface area (Å²) in [6, 6.07) is 12.2. The normalized spacial score (nSPS) is 11.2. The molecule has 1 aromatic carbocycles. The van der Waals surface area contributed by atoms with Crippen molar-refractivity contribution in [3.05, 3.63) is 42.1 Å². The molecule has 0 bridgehead atoms. The van der Waals surface area contributed by atoms with Crippen molar-refractivity contribution in [3.63, 3.8) is 0 Å². The summed E-state index contributed by atoms with van der Waals surface area (Å²) >= 11 is 0. The predicted molar refractivity (Wildman–Crippen MR) is 105 cm³/mol. The molecule has 1 heterocycles. The molecular weight excluding hydrogens is 310 g/mol. The highest BCUT2D eigenvalue weighted by molar-refractivity contribution is 5.35. The Hall–Kier alpha value is -1.81. The van der Waals surface area contributed by atoms with E-state index in [0.29, 0.717) is 0 Å². The summed E-state index contributed by atoms with van der Waals surface area (Å²) in [6.07, 6.45) is 6.13. The Balaban J connectivity index is 1.85. The summed E-state index contributed by atoms with van der Waals surface area (Å²) in [6.45, 7) is 10.8. The van der Waals surface area contributed by atoms with Crippen molar-refractivity contribution in [2.24, 2.45) is 0 Å². The minimum Gasteiger partial charge on any atom is -0.478 e. The Labute approximate surface area is 152 Å². The zero-order valence-electron chi connectivity index (χ0n) is 16.1. The molecule has 4 heteroatoms. The lowest BCUT2D eigenvalue weighted by atomic mass is 10.2. The van der Waals surface area contributed by atoms with Gasteiger partial charge in [0.25, 0.3) is 0 Å². The molecule has 0 aliphatic rings. The second kappa shape index (κ2) is 10.9. The predicted octanol–water partition coefficient (Wildman–Crippen LogP) is 4.85. The first-order valence-corrected chi connectivity index (χ1v) is 9.71. The molecule has 1 aromatic heterocycles. The van der Waals surface area contributed by atoms with E-state index in [-0.39, 0.29) is 0 Å². The van der Waals surface area contributed by atoms with Crippen LogP contribution in [0.15, 0.2) is 36.4 Å². The molecule has 2 aromatic rings. The standard InChI is InChI=1S/C21H33N3O/c1-4-6-14-23(15-7-5-2)16-11-17-25-21-18-19(3)22-24(21)20-12-9-8-10-13-20/h8-10,12-13,18H,4-7,11,14-17H2,1-3H3. The average Bonchev–Trinajstić information content (AvgIpc) is 3.01. The van der Waals surface area contributed by atoms with Crippen molar-refractivity contribution in [2.45, 2.75) is 52.9 Å². The van der Waals surface area contributed by atoms with Gasteiger partial charge in [-0.15, -0.1) is 0 Å². The zero-order chi connectivity index (χ0) is 17.9. The van der Waals surface area contributed by atoms with Gasteiger partial charge in [0.2, 0.25) is 5.88 Å². The number of hydrogen-bond acceptors (Lipinski definition) is 3. The number of unbranched alkanes of at least 4 members (excludes halogenated alkanes) is 2. The number of hydrogen-bond donors (Lipinski definition) is 0. The van der Waals surface area contributed by atoms with Crippen LogP contribution < -0.4 is 4.74 Å². The third-order valence-corrected chi connectivity index (χ3v) is 4.32. The maximum Gasteiger partial charge on any atom is 0.216 e. The maximum atomic E-state index is 6.05. The first kappa shape index (κ1) is 19.5. The summed E-state index contributed by atoms with van der Waals surface area (Å²) in [4.78, 5) is 2.58. The molecule has 0 spiro atoms. The second-order valence-corrected chi connectivity index (χ2v) is 6.62. The lowest BCUT2D eigenvalue weighted by Gasteiger charge is -2.21. The first-order chi connectivity index (χ1) is 12.2. The van der Waals surface area contributed by atoms with E-state index in [9.17, 15) is 0 Å². The number of para-hydroxylation sites is 1. The fourth-order valence-corrected chi connectivity index (χ4v) is 2.90. The van der Waals surface area contributed by atoms with Crippen LogP contribution in [0.1, 0.15) is 51.6 Å². The number of nitrogens with zero attached hydrogens (tertiary/aromatic N) is 3. The van der Waals surface area contributed by atoms with E-state index >= 15 is 0 Å². The van der Waals surface area contributed by atoms with E-state index < -0.39 is 0 Å². The molecule has 2 rings (SSSR count). The fourth-order valence-electron chi connectivity index (χ4n) is 2.90. The number of ether oxygens (including phenoxy) is 1. The Morgan fingerprint density at radius 2 is 1.60 bits per heavy atom. The number of aromatic nitrogens is 2. The van der Waals surface area contributed by atoms with Crippen LogP contribution in [0, 0.1) is 6.92 Å². The van der Waals surface area contributed by atoms with Gasteiger partial charge in [0.15, 0.2) is 0 Å². The van der Waals surface area contributed by atoms with Gasteiger partial charge in [-0.3, -0.25) is 0 Å². The van der Waals surface area contributed by atoms with Gasteiger partial charge in [0.1, 0.15) is 0 Å². The van der Waals surface area contributed by atoms with E-state index in [1.54, 1.807) is 0 Å². The van der Waals surface area contributed by atoms with Gasteiger partial charge in [-0.05, 0) is 51.4 Å². The highest BCUT2D eigenvalue weighted by atomic mass is 16.5. The Morgan fingerprint density at radius 3 is 2.24 bits per heavy atom. The van der Waals surface area contributed by atoms with Gasteiger partial charge < -0.3 is 9.64 Å². The lowest BCUT2D eigenvalue weighted by Crippen LogP contribution is -2.28. The van der Waals surface area contributed by atoms with E-state index in [1.165, 1.54) is 38.8 Å². The smallest absolute Gasteiger partial charge is 0.216 e. The van der Waals surface area contributed by atoms with Crippen LogP contribution in [0.3, 0.4) is 0 Å². The molecule has 0 aliphatic carbocycles. The number of benzene rings is 1. The average molecular weight is 344 g/mol. The summed E-state index contributed by atoms with van der Waals surface area (Å²) in [5.74, 6) is 0.831. The first-order valence-electron chi connectivity index (χ1n) is 9.71. The van der Waals surface area contributed by atoms with Gasteiger partial charge in [-0.2, -0.15) is 5.10 Å². The fraction of sp³-hybridized carbons (Fsp3) is 0.571. The van der Waals surface area contributed by atoms with Crippen LogP contribution in [0.5, 0.6) is 5.88 Å². The number of rotatable bonds is 12. The molecule has 0 aliphatic heterocycles. The van der Waals surface area contributed by atoms with E-state index in [0.717, 1.165) is 36.8 Å². The summed E-state index contributed by atoms with van der Waals surface area (Å²) in [5, 5.41) is 4.56. The minimum atomic E-state index is 0.729. The molecule has 0 unspecified atom stereocenters. The largest absolute Gasteiger partial charge is 0.478 e. The van der Waals surface area contributed by atoms with Crippen molar-refractivity contribution in [3.8, 4) is 11.6 Å². The summed E-state index contributed by atoms with van der Waals surface area (Å²) < 4.78 is 7.94. The lowest BCUT2D eigenvalue weighted by molar-refractivity contribution is 0.223. The Kier molecular flexibility index (Phi) is 8.53. The molecule has 0 N–H and O–H groups in total. The highest BCUT2D eigenvalue weighted by Crippen LogP contribution is 2.19. The van der Waals surface area contributed by atoms with Crippen LogP contribution in [-0.2, 0) is 0 Å². The highest BCUT2D eigenvalue weighted by Gasteiger charge is 2.09. The third kappa shape index (κ3) is 6.54. The van der Waals surface area contributed by atoms with Crippen molar-refractivity contribution >= 4 is 0 Å². The van der Waals surface area contributed by atoms with Crippen molar-refractivity contribution in [1.82, 2.24) is 14.7 Å². The molecule has 4 nitrogen and oxygen atoms in total. The molecule has 0 fully saturated rings. The third-order valence-electron chi connectivity index (χ3n) is 4.32. The molecule has 0 atom stereocenters. The van der Waals surface area contributed by atoms with Crippen molar-refractivity contribution in [2.75, 3.05) is 26.2 Å². The van der Waals surface area contributed by atoms with Crippen LogP contribution in [0.25, 0.3) is 5.69 Å². The molecular formula is C21H33N3O. The van der Waals surface area contributed by atoms with Gasteiger partial charge in [-0.1, -0.05) is 44.9 Å². The van der Waals surface area contributed by atoms with Gasteiger partial charge >= 0.3 is 0 Å². The zero-order valence-corrected chi connectivity index (χ0v) is 16.1. The van der Waals surface area contributed by atoms with Gasteiger partial charge in [0, 0.05) is 12.6 Å². The maximum absolute atomic E-state index is 6.05. The SMILES string of the molecule is CCCCN(CCCC)CCCOc1cc(C)nn1-c1ccccc1. The van der Waals surface area contributed by atoms with Crippen LogP contribution in [0.4, 0.5) is 0 Å². The Bertz CT molecular complexity index is 586. The van der Waals surface area contributed by atoms with E-state index in [2.05, 4.69) is 36.0 Å². The van der Waals surface area contributed by atoms with E-state index in [1.807, 2.05) is 35.9 Å². The van der Waals surface area contributed by atoms with Crippen LogP contribution >= 0.6 is 0 Å². The number of aryl methyl sites for hydroxylation is 1. The molecule has 0 saturated heterocycles. The monoisotopic (exact) mass is 343 g/mol. The summed E-state index contributed by atoms with van der Waals surface area (Å²) in [5.41, 5.74) is 2.02. The van der Waals surface area contributed by atoms with Crippen LogP contribution in [-0.4, -0.2) is 40.9 Å². The topological polar surface area (TPSA) is 30.3 Å². The van der Waals surface area contributed by atoms with Crippen molar-refractivity contribution < 1.29 is 4.74 Å². The van der Waals surface area contributed by atoms with Gasteiger partial charge in [0.05, 0.1) is 18.0 Å². The van der Waals surface area contributed by atoms with E-state index in [4.69, 9.17) is 4.74 Å². The second-order valence-electron chi connectivity index (χ2n) is 6.62.